The number of rotatable bonds is 4. The number of hydrogen-bond acceptors (Lipinski definition) is 3. The summed E-state index contributed by atoms with van der Waals surface area (Å²) in [6, 6.07) is 16.0. The highest BCUT2D eigenvalue weighted by atomic mass is 16.2. The summed E-state index contributed by atoms with van der Waals surface area (Å²) in [5.74, 6) is -0.536. The number of nitrogens with zero attached hydrogens (tertiary/aromatic N) is 2. The minimum absolute atomic E-state index is 0.0881. The molecular weight excluding hydrogens is 290 g/mol. The van der Waals surface area contributed by atoms with Gasteiger partial charge in [-0.3, -0.25) is 9.59 Å². The fraction of sp³-hybridized carbons (Fsp3) is 0.167. The van der Waals surface area contributed by atoms with Crippen molar-refractivity contribution in [2.24, 2.45) is 0 Å². The maximum Gasteiger partial charge on any atom is 0.244 e. The van der Waals surface area contributed by atoms with Gasteiger partial charge in [-0.05, 0) is 37.3 Å². The summed E-state index contributed by atoms with van der Waals surface area (Å²) in [6.07, 6.45) is 0. The van der Waals surface area contributed by atoms with Gasteiger partial charge in [0.1, 0.15) is 6.54 Å². The summed E-state index contributed by atoms with van der Waals surface area (Å²) in [5.41, 5.74) is 2.74. The summed E-state index contributed by atoms with van der Waals surface area (Å²) in [4.78, 5) is 25.4. The molecule has 0 aliphatic carbocycles. The highest BCUT2D eigenvalue weighted by Gasteiger charge is 2.15. The van der Waals surface area contributed by atoms with Crippen LogP contribution in [0.15, 0.2) is 48.5 Å². The molecule has 0 saturated heterocycles. The van der Waals surface area contributed by atoms with E-state index in [1.165, 1.54) is 11.8 Å². The molecule has 2 rings (SSSR count). The number of aryl methyl sites for hydroxylation is 1. The van der Waals surface area contributed by atoms with Crippen molar-refractivity contribution in [2.45, 2.75) is 13.8 Å². The van der Waals surface area contributed by atoms with Gasteiger partial charge in [-0.25, -0.2) is 0 Å². The van der Waals surface area contributed by atoms with Crippen molar-refractivity contribution in [1.29, 1.82) is 5.26 Å². The van der Waals surface area contributed by atoms with Crippen molar-refractivity contribution < 1.29 is 9.59 Å². The van der Waals surface area contributed by atoms with Gasteiger partial charge in [0.05, 0.1) is 11.6 Å². The van der Waals surface area contributed by atoms with Gasteiger partial charge in [-0.15, -0.1) is 0 Å². The quantitative estimate of drug-likeness (QED) is 0.944. The van der Waals surface area contributed by atoms with E-state index in [1.807, 2.05) is 25.1 Å². The first-order valence-corrected chi connectivity index (χ1v) is 7.14. The van der Waals surface area contributed by atoms with Crippen LogP contribution in [0.5, 0.6) is 0 Å². The summed E-state index contributed by atoms with van der Waals surface area (Å²) in [6.45, 7) is 3.29. The lowest BCUT2D eigenvalue weighted by Crippen LogP contribution is -2.36. The van der Waals surface area contributed by atoms with E-state index in [1.54, 1.807) is 36.4 Å². The molecule has 2 amide bonds. The molecule has 1 N–H and O–H groups in total. The zero-order chi connectivity index (χ0) is 16.8. The third-order valence-corrected chi connectivity index (χ3v) is 3.30. The minimum atomic E-state index is -0.323. The Balaban J connectivity index is 2.10. The first-order chi connectivity index (χ1) is 11.0. The van der Waals surface area contributed by atoms with Gasteiger partial charge in [0.25, 0.3) is 0 Å². The first-order valence-electron chi connectivity index (χ1n) is 7.14. The molecule has 116 valence electrons. The molecule has 0 atom stereocenters. The van der Waals surface area contributed by atoms with Crippen LogP contribution in [-0.4, -0.2) is 18.4 Å². The van der Waals surface area contributed by atoms with Crippen LogP contribution in [0, 0.1) is 18.3 Å². The van der Waals surface area contributed by atoms with Crippen molar-refractivity contribution in [2.75, 3.05) is 16.8 Å². The Hall–Kier alpha value is -3.13. The predicted octanol–water partition coefficient (Wildman–Crippen LogP) is 2.86. The minimum Gasteiger partial charge on any atom is -0.324 e. The van der Waals surface area contributed by atoms with Crippen LogP contribution in [0.3, 0.4) is 0 Å². The topological polar surface area (TPSA) is 73.2 Å². The number of benzene rings is 2. The second-order valence-electron chi connectivity index (χ2n) is 5.18. The number of nitrogens with one attached hydrogen (secondary N) is 1. The van der Waals surface area contributed by atoms with Crippen LogP contribution in [-0.2, 0) is 9.59 Å². The van der Waals surface area contributed by atoms with E-state index in [-0.39, 0.29) is 18.4 Å². The number of carbonyl (C=O) groups excluding carboxylic acids is 2. The molecule has 0 aliphatic heterocycles. The average molecular weight is 307 g/mol. The number of anilines is 2. The Labute approximate surface area is 135 Å². The zero-order valence-electron chi connectivity index (χ0n) is 13.0. The maximum atomic E-state index is 12.2. The van der Waals surface area contributed by atoms with Gasteiger partial charge in [0.2, 0.25) is 11.8 Å². The van der Waals surface area contributed by atoms with Gasteiger partial charge < -0.3 is 10.2 Å². The van der Waals surface area contributed by atoms with Gasteiger partial charge in [0.15, 0.2) is 0 Å². The van der Waals surface area contributed by atoms with E-state index < -0.39 is 0 Å². The molecule has 0 heterocycles. The first kappa shape index (κ1) is 16.2. The lowest BCUT2D eigenvalue weighted by molar-refractivity contribution is -0.120. The van der Waals surface area contributed by atoms with E-state index in [0.29, 0.717) is 16.9 Å². The van der Waals surface area contributed by atoms with Crippen molar-refractivity contribution in [3.05, 3.63) is 59.7 Å². The molecule has 0 bridgehead atoms. The molecule has 5 heteroatoms. The third kappa shape index (κ3) is 4.42. The molecule has 0 fully saturated rings. The molecule has 5 nitrogen and oxygen atoms in total. The van der Waals surface area contributed by atoms with E-state index in [4.69, 9.17) is 5.26 Å². The molecule has 2 aromatic carbocycles. The largest absolute Gasteiger partial charge is 0.324 e. The van der Waals surface area contributed by atoms with Crippen LogP contribution in [0.1, 0.15) is 18.1 Å². The van der Waals surface area contributed by atoms with Gasteiger partial charge in [-0.1, -0.05) is 23.8 Å². The Kier molecular flexibility index (Phi) is 5.11. The third-order valence-electron chi connectivity index (χ3n) is 3.30. The van der Waals surface area contributed by atoms with Gasteiger partial charge in [-0.2, -0.15) is 5.26 Å². The SMILES string of the molecule is CC(=O)N(CC(=O)Nc1cccc(C#N)c1)c1ccc(C)cc1. The fourth-order valence-corrected chi connectivity index (χ4v) is 2.12. The summed E-state index contributed by atoms with van der Waals surface area (Å²) < 4.78 is 0. The Bertz CT molecular complexity index is 761. The predicted molar refractivity (Wildman–Crippen MR) is 89.0 cm³/mol. The molecule has 0 radical (unpaired) electrons. The lowest BCUT2D eigenvalue weighted by Gasteiger charge is -2.21. The monoisotopic (exact) mass is 307 g/mol. The van der Waals surface area contributed by atoms with Gasteiger partial charge in [0, 0.05) is 18.3 Å². The molecule has 2 aromatic rings. The van der Waals surface area contributed by atoms with Crippen LogP contribution >= 0.6 is 0 Å². The number of amides is 2. The van der Waals surface area contributed by atoms with Gasteiger partial charge >= 0.3 is 0 Å². The highest BCUT2D eigenvalue weighted by molar-refractivity contribution is 6.01. The Morgan fingerprint density at radius 1 is 1.17 bits per heavy atom. The zero-order valence-corrected chi connectivity index (χ0v) is 13.0. The molecule has 0 saturated carbocycles. The van der Waals surface area contributed by atoms with E-state index >= 15 is 0 Å². The normalized spacial score (nSPS) is 9.78. The van der Waals surface area contributed by atoms with E-state index in [9.17, 15) is 9.59 Å². The smallest absolute Gasteiger partial charge is 0.244 e. The summed E-state index contributed by atoms with van der Waals surface area (Å²) in [5, 5.41) is 11.6. The number of hydrogen-bond donors (Lipinski definition) is 1. The Morgan fingerprint density at radius 3 is 2.48 bits per heavy atom. The van der Waals surface area contributed by atoms with Crippen LogP contribution in [0.4, 0.5) is 11.4 Å². The summed E-state index contributed by atoms with van der Waals surface area (Å²) in [7, 11) is 0. The molecular formula is C18H17N3O2. The van der Waals surface area contributed by atoms with Crippen LogP contribution in [0.25, 0.3) is 0 Å². The maximum absolute atomic E-state index is 12.2. The molecule has 0 spiro atoms. The standard InChI is InChI=1S/C18H17N3O2/c1-13-6-8-17(9-7-13)21(14(2)22)12-18(23)20-16-5-3-4-15(10-16)11-19/h3-10H,12H2,1-2H3,(H,20,23). The summed E-state index contributed by atoms with van der Waals surface area (Å²) >= 11 is 0. The fourth-order valence-electron chi connectivity index (χ4n) is 2.12. The average Bonchev–Trinajstić information content (AvgIpc) is 2.53. The molecule has 23 heavy (non-hydrogen) atoms. The number of nitriles is 1. The van der Waals surface area contributed by atoms with E-state index in [0.717, 1.165) is 5.56 Å². The lowest BCUT2D eigenvalue weighted by atomic mass is 10.2. The Morgan fingerprint density at radius 2 is 1.87 bits per heavy atom. The highest BCUT2D eigenvalue weighted by Crippen LogP contribution is 2.16. The van der Waals surface area contributed by atoms with Crippen molar-refractivity contribution in [3.8, 4) is 6.07 Å². The van der Waals surface area contributed by atoms with Crippen molar-refractivity contribution in [1.82, 2.24) is 0 Å². The molecule has 0 aliphatic rings. The van der Waals surface area contributed by atoms with Crippen LogP contribution < -0.4 is 10.2 Å². The molecule has 0 aromatic heterocycles. The van der Waals surface area contributed by atoms with E-state index in [2.05, 4.69) is 5.32 Å². The van der Waals surface area contributed by atoms with Crippen molar-refractivity contribution >= 4 is 23.2 Å². The second kappa shape index (κ2) is 7.23. The van der Waals surface area contributed by atoms with Crippen molar-refractivity contribution in [3.63, 3.8) is 0 Å². The molecule has 0 unspecified atom stereocenters. The number of carbonyl (C=O) groups is 2. The van der Waals surface area contributed by atoms with Crippen LogP contribution in [0.2, 0.25) is 0 Å². The second-order valence-corrected chi connectivity index (χ2v) is 5.18.